The van der Waals surface area contributed by atoms with Gasteiger partial charge in [-0.1, -0.05) is 6.07 Å². The van der Waals surface area contributed by atoms with Crippen LogP contribution >= 0.6 is 0 Å². The van der Waals surface area contributed by atoms with E-state index >= 15 is 0 Å². The SMILES string of the molecule is COc1ccc(CN2CC(O)C(Cc3cc(C)[nH]n3)C2)cc1O. The predicted octanol–water partition coefficient (Wildman–Crippen LogP) is 1.47. The van der Waals surface area contributed by atoms with Gasteiger partial charge < -0.3 is 14.9 Å². The van der Waals surface area contributed by atoms with E-state index in [1.807, 2.05) is 19.1 Å². The zero-order valence-electron chi connectivity index (χ0n) is 13.5. The van der Waals surface area contributed by atoms with Crippen LogP contribution in [0.4, 0.5) is 0 Å². The molecule has 0 spiro atoms. The summed E-state index contributed by atoms with van der Waals surface area (Å²) < 4.78 is 5.06. The number of aromatic nitrogens is 2. The average molecular weight is 317 g/mol. The van der Waals surface area contributed by atoms with Gasteiger partial charge in [-0.25, -0.2) is 0 Å². The minimum absolute atomic E-state index is 0.147. The number of ether oxygens (including phenoxy) is 1. The molecule has 3 N–H and O–H groups in total. The first-order valence-corrected chi connectivity index (χ1v) is 7.82. The molecule has 0 bridgehead atoms. The lowest BCUT2D eigenvalue weighted by Crippen LogP contribution is -2.21. The molecule has 0 aliphatic carbocycles. The van der Waals surface area contributed by atoms with E-state index in [-0.39, 0.29) is 17.8 Å². The number of likely N-dealkylation sites (tertiary alicyclic amines) is 1. The largest absolute Gasteiger partial charge is 0.504 e. The lowest BCUT2D eigenvalue weighted by molar-refractivity contribution is 0.140. The number of aromatic hydroxyl groups is 1. The van der Waals surface area contributed by atoms with Gasteiger partial charge in [0.05, 0.1) is 18.9 Å². The third kappa shape index (κ3) is 3.65. The van der Waals surface area contributed by atoms with Crippen LogP contribution in [-0.2, 0) is 13.0 Å². The summed E-state index contributed by atoms with van der Waals surface area (Å²) in [6.45, 7) is 4.13. The maximum Gasteiger partial charge on any atom is 0.160 e. The number of aromatic amines is 1. The lowest BCUT2D eigenvalue weighted by atomic mass is 10.0. The van der Waals surface area contributed by atoms with E-state index in [9.17, 15) is 10.2 Å². The molecule has 3 rings (SSSR count). The van der Waals surface area contributed by atoms with Crippen LogP contribution in [0.25, 0.3) is 0 Å². The number of aliphatic hydroxyl groups is 1. The minimum Gasteiger partial charge on any atom is -0.504 e. The quantitative estimate of drug-likeness (QED) is 0.778. The predicted molar refractivity (Wildman–Crippen MR) is 86.5 cm³/mol. The lowest BCUT2D eigenvalue weighted by Gasteiger charge is -2.16. The number of hydrogen-bond acceptors (Lipinski definition) is 5. The zero-order chi connectivity index (χ0) is 16.4. The third-order valence-corrected chi connectivity index (χ3v) is 4.36. The van der Waals surface area contributed by atoms with Gasteiger partial charge in [-0.2, -0.15) is 5.10 Å². The first-order chi connectivity index (χ1) is 11.0. The van der Waals surface area contributed by atoms with Crippen molar-refractivity contribution in [1.82, 2.24) is 15.1 Å². The van der Waals surface area contributed by atoms with Crippen LogP contribution in [0.5, 0.6) is 11.5 Å². The second kappa shape index (κ2) is 6.60. The fraction of sp³-hybridized carbons (Fsp3) is 0.471. The second-order valence-electron chi connectivity index (χ2n) is 6.27. The molecule has 1 aliphatic heterocycles. The highest BCUT2D eigenvalue weighted by Gasteiger charge is 2.31. The van der Waals surface area contributed by atoms with E-state index in [2.05, 4.69) is 15.1 Å². The monoisotopic (exact) mass is 317 g/mol. The number of nitrogens with zero attached hydrogens (tertiary/aromatic N) is 2. The minimum atomic E-state index is -0.348. The van der Waals surface area contributed by atoms with E-state index in [0.29, 0.717) is 18.8 Å². The Morgan fingerprint density at radius 3 is 2.83 bits per heavy atom. The molecular weight excluding hydrogens is 294 g/mol. The Bertz CT molecular complexity index is 671. The van der Waals surface area contributed by atoms with Gasteiger partial charge in [-0.05, 0) is 37.1 Å². The summed E-state index contributed by atoms with van der Waals surface area (Å²) in [5.41, 5.74) is 3.04. The van der Waals surface area contributed by atoms with Gasteiger partial charge in [0.1, 0.15) is 0 Å². The van der Waals surface area contributed by atoms with Crippen molar-refractivity contribution in [3.05, 3.63) is 41.2 Å². The maximum absolute atomic E-state index is 10.3. The van der Waals surface area contributed by atoms with Crippen LogP contribution in [0.2, 0.25) is 0 Å². The molecule has 1 aliphatic rings. The molecular formula is C17H23N3O3. The number of phenols is 1. The molecule has 2 atom stereocenters. The molecule has 2 unspecified atom stereocenters. The van der Waals surface area contributed by atoms with Crippen LogP contribution in [0.3, 0.4) is 0 Å². The van der Waals surface area contributed by atoms with Gasteiger partial charge in [0, 0.05) is 31.2 Å². The maximum atomic E-state index is 10.3. The van der Waals surface area contributed by atoms with Gasteiger partial charge in [-0.15, -0.1) is 0 Å². The molecule has 124 valence electrons. The van der Waals surface area contributed by atoms with E-state index in [1.54, 1.807) is 12.1 Å². The van der Waals surface area contributed by atoms with Crippen LogP contribution in [-0.4, -0.2) is 51.6 Å². The number of methoxy groups -OCH3 is 1. The molecule has 1 fully saturated rings. The smallest absolute Gasteiger partial charge is 0.160 e. The number of hydrogen-bond donors (Lipinski definition) is 3. The van der Waals surface area contributed by atoms with Crippen LogP contribution < -0.4 is 4.74 Å². The number of phenolic OH excluding ortho intramolecular Hbond substituents is 1. The molecule has 23 heavy (non-hydrogen) atoms. The Hall–Kier alpha value is -2.05. The van der Waals surface area contributed by atoms with Crippen LogP contribution in [0.15, 0.2) is 24.3 Å². The Morgan fingerprint density at radius 2 is 2.17 bits per heavy atom. The molecule has 2 aromatic rings. The van der Waals surface area contributed by atoms with Crippen LogP contribution in [0, 0.1) is 12.8 Å². The zero-order valence-corrected chi connectivity index (χ0v) is 13.5. The van der Waals surface area contributed by atoms with Crippen molar-refractivity contribution in [2.75, 3.05) is 20.2 Å². The number of aryl methyl sites for hydroxylation is 1. The number of rotatable bonds is 5. The molecule has 1 aromatic heterocycles. The van der Waals surface area contributed by atoms with E-state index in [4.69, 9.17) is 4.74 Å². The summed E-state index contributed by atoms with van der Waals surface area (Å²) in [5.74, 6) is 0.805. The Morgan fingerprint density at radius 1 is 1.35 bits per heavy atom. The van der Waals surface area contributed by atoms with Crippen molar-refractivity contribution < 1.29 is 14.9 Å². The Labute approximate surface area is 135 Å². The molecule has 0 amide bonds. The first-order valence-electron chi connectivity index (χ1n) is 7.82. The number of H-pyrrole nitrogens is 1. The van der Waals surface area contributed by atoms with Gasteiger partial charge in [0.15, 0.2) is 11.5 Å². The first kappa shape index (κ1) is 15.8. The van der Waals surface area contributed by atoms with Gasteiger partial charge >= 0.3 is 0 Å². The van der Waals surface area contributed by atoms with Crippen molar-refractivity contribution in [1.29, 1.82) is 0 Å². The van der Waals surface area contributed by atoms with Crippen molar-refractivity contribution in [3.8, 4) is 11.5 Å². The highest BCUT2D eigenvalue weighted by atomic mass is 16.5. The fourth-order valence-corrected chi connectivity index (χ4v) is 3.21. The van der Waals surface area contributed by atoms with Gasteiger partial charge in [0.25, 0.3) is 0 Å². The highest BCUT2D eigenvalue weighted by molar-refractivity contribution is 5.41. The summed E-state index contributed by atoms with van der Waals surface area (Å²) in [5, 5.41) is 27.3. The van der Waals surface area contributed by atoms with Crippen molar-refractivity contribution in [2.45, 2.75) is 26.0 Å². The third-order valence-electron chi connectivity index (χ3n) is 4.36. The number of benzene rings is 1. The van der Waals surface area contributed by atoms with E-state index in [0.717, 1.165) is 29.9 Å². The summed E-state index contributed by atoms with van der Waals surface area (Å²) >= 11 is 0. The molecule has 6 nitrogen and oxygen atoms in total. The molecule has 0 radical (unpaired) electrons. The number of aliphatic hydroxyl groups excluding tert-OH is 1. The summed E-state index contributed by atoms with van der Waals surface area (Å²) in [7, 11) is 1.53. The van der Waals surface area contributed by atoms with E-state index in [1.165, 1.54) is 7.11 Å². The molecule has 1 aromatic carbocycles. The topological polar surface area (TPSA) is 81.6 Å². The van der Waals surface area contributed by atoms with Crippen LogP contribution in [0.1, 0.15) is 17.0 Å². The van der Waals surface area contributed by atoms with Crippen molar-refractivity contribution >= 4 is 0 Å². The Kier molecular flexibility index (Phi) is 4.54. The fourth-order valence-electron chi connectivity index (χ4n) is 3.21. The molecule has 6 heteroatoms. The molecule has 0 saturated carbocycles. The normalized spacial score (nSPS) is 21.7. The van der Waals surface area contributed by atoms with Crippen molar-refractivity contribution in [2.24, 2.45) is 5.92 Å². The number of nitrogens with one attached hydrogen (secondary N) is 1. The van der Waals surface area contributed by atoms with E-state index < -0.39 is 0 Å². The average Bonchev–Trinajstić information content (AvgIpc) is 3.06. The standard InChI is InChI=1S/C17H23N3O3/c1-11-5-14(19-18-11)7-13-9-20(10-16(13)22)8-12-3-4-17(23-2)15(21)6-12/h3-6,13,16,21-22H,7-10H2,1-2H3,(H,18,19). The Balaban J connectivity index is 1.61. The van der Waals surface area contributed by atoms with Gasteiger partial charge in [-0.3, -0.25) is 10.00 Å². The summed E-state index contributed by atoms with van der Waals surface area (Å²) in [6.07, 6.45) is 0.425. The summed E-state index contributed by atoms with van der Waals surface area (Å²) in [4.78, 5) is 2.20. The summed E-state index contributed by atoms with van der Waals surface area (Å²) in [6, 6.07) is 7.45. The van der Waals surface area contributed by atoms with Gasteiger partial charge in [0.2, 0.25) is 0 Å². The number of β-amino-alcohol motifs (C(OH)–C–C–N with tert-alkyl or cyclic N) is 1. The second-order valence-corrected chi connectivity index (χ2v) is 6.27. The molecule has 2 heterocycles. The van der Waals surface area contributed by atoms with Crippen molar-refractivity contribution in [3.63, 3.8) is 0 Å². The molecule has 1 saturated heterocycles. The highest BCUT2D eigenvalue weighted by Crippen LogP contribution is 2.28.